The van der Waals surface area contributed by atoms with E-state index >= 15 is 0 Å². The topological polar surface area (TPSA) is 108 Å². The number of rotatable bonds is 6. The van der Waals surface area contributed by atoms with Gasteiger partial charge in [-0.2, -0.15) is 4.98 Å². The lowest BCUT2D eigenvalue weighted by atomic mass is 10.1. The van der Waals surface area contributed by atoms with Crippen LogP contribution in [0.4, 0.5) is 5.69 Å². The number of nitro benzene ring substituents is 1. The number of hydrogen-bond donors (Lipinski definition) is 1. The molecule has 0 bridgehead atoms. The normalized spacial score (nSPS) is 12.3. The highest BCUT2D eigenvalue weighted by atomic mass is 16.6. The van der Waals surface area contributed by atoms with Crippen LogP contribution in [0.3, 0.4) is 0 Å². The van der Waals surface area contributed by atoms with E-state index in [0.717, 1.165) is 12.8 Å². The first-order valence-corrected chi connectivity index (χ1v) is 6.40. The summed E-state index contributed by atoms with van der Waals surface area (Å²) in [5.74, 6) is 1.02. The van der Waals surface area contributed by atoms with Crippen LogP contribution in [0.2, 0.25) is 0 Å². The van der Waals surface area contributed by atoms with Crippen molar-refractivity contribution in [2.45, 2.75) is 25.7 Å². The summed E-state index contributed by atoms with van der Waals surface area (Å²) >= 11 is 0. The van der Waals surface area contributed by atoms with Crippen LogP contribution in [0.15, 0.2) is 28.8 Å². The Morgan fingerprint density at radius 2 is 2.30 bits per heavy atom. The highest BCUT2D eigenvalue weighted by Crippen LogP contribution is 2.24. The van der Waals surface area contributed by atoms with Crippen LogP contribution in [-0.4, -0.2) is 21.6 Å². The predicted molar refractivity (Wildman–Crippen MR) is 73.1 cm³/mol. The van der Waals surface area contributed by atoms with Crippen LogP contribution in [0.1, 0.15) is 31.6 Å². The molecule has 0 fully saturated rings. The van der Waals surface area contributed by atoms with E-state index in [4.69, 9.17) is 10.3 Å². The second-order valence-corrected chi connectivity index (χ2v) is 4.60. The van der Waals surface area contributed by atoms with E-state index < -0.39 is 4.92 Å². The van der Waals surface area contributed by atoms with Crippen LogP contribution in [0.25, 0.3) is 11.4 Å². The quantitative estimate of drug-likeness (QED) is 0.641. The van der Waals surface area contributed by atoms with Gasteiger partial charge in [-0.05, 0) is 19.4 Å². The zero-order chi connectivity index (χ0) is 14.5. The fourth-order valence-corrected chi connectivity index (χ4v) is 1.86. The molecule has 2 N–H and O–H groups in total. The van der Waals surface area contributed by atoms with Gasteiger partial charge >= 0.3 is 0 Å². The Labute approximate surface area is 115 Å². The maximum atomic E-state index is 10.7. The van der Waals surface area contributed by atoms with Crippen LogP contribution < -0.4 is 5.73 Å². The van der Waals surface area contributed by atoms with Crippen molar-refractivity contribution in [3.63, 3.8) is 0 Å². The van der Waals surface area contributed by atoms with Crippen LogP contribution in [0, 0.1) is 10.1 Å². The van der Waals surface area contributed by atoms with Crippen molar-refractivity contribution in [1.29, 1.82) is 0 Å². The molecule has 0 spiro atoms. The molecule has 0 aliphatic carbocycles. The maximum absolute atomic E-state index is 10.7. The first-order valence-electron chi connectivity index (χ1n) is 6.40. The third-order valence-electron chi connectivity index (χ3n) is 3.02. The SMILES string of the molecule is CC(CCCN)c1nc(-c2cccc([N+](=O)[O-])c2)no1. The lowest BCUT2D eigenvalue weighted by Crippen LogP contribution is -2.02. The molecule has 7 heteroatoms. The molecule has 0 aliphatic heterocycles. The largest absolute Gasteiger partial charge is 0.339 e. The number of nitro groups is 1. The molecule has 0 saturated carbocycles. The third kappa shape index (κ3) is 3.18. The Bertz CT molecular complexity index is 597. The summed E-state index contributed by atoms with van der Waals surface area (Å²) in [7, 11) is 0. The van der Waals surface area contributed by atoms with Crippen molar-refractivity contribution in [3.8, 4) is 11.4 Å². The zero-order valence-electron chi connectivity index (χ0n) is 11.2. The minimum absolute atomic E-state index is 0.00466. The molecule has 0 amide bonds. The summed E-state index contributed by atoms with van der Waals surface area (Å²) < 4.78 is 5.21. The monoisotopic (exact) mass is 276 g/mol. The average Bonchev–Trinajstić information content (AvgIpc) is 2.94. The second-order valence-electron chi connectivity index (χ2n) is 4.60. The Morgan fingerprint density at radius 1 is 1.50 bits per heavy atom. The maximum Gasteiger partial charge on any atom is 0.270 e. The fourth-order valence-electron chi connectivity index (χ4n) is 1.86. The third-order valence-corrected chi connectivity index (χ3v) is 3.02. The molecular formula is C13H16N4O3. The van der Waals surface area contributed by atoms with E-state index in [1.54, 1.807) is 12.1 Å². The second kappa shape index (κ2) is 6.25. The smallest absolute Gasteiger partial charge is 0.270 e. The molecule has 1 atom stereocenters. The van der Waals surface area contributed by atoms with Gasteiger partial charge in [-0.25, -0.2) is 0 Å². The van der Waals surface area contributed by atoms with Crippen LogP contribution in [-0.2, 0) is 0 Å². The van der Waals surface area contributed by atoms with Crippen molar-refractivity contribution in [2.24, 2.45) is 5.73 Å². The minimum Gasteiger partial charge on any atom is -0.339 e. The van der Waals surface area contributed by atoms with Gasteiger partial charge < -0.3 is 10.3 Å². The molecule has 106 valence electrons. The number of nitrogens with zero attached hydrogens (tertiary/aromatic N) is 3. The van der Waals surface area contributed by atoms with Crippen molar-refractivity contribution in [3.05, 3.63) is 40.3 Å². The molecule has 0 radical (unpaired) electrons. The molecule has 2 aromatic rings. The fraction of sp³-hybridized carbons (Fsp3) is 0.385. The number of benzene rings is 1. The summed E-state index contributed by atoms with van der Waals surface area (Å²) in [4.78, 5) is 14.6. The van der Waals surface area contributed by atoms with Gasteiger partial charge in [0.25, 0.3) is 5.69 Å². The van der Waals surface area contributed by atoms with Crippen molar-refractivity contribution >= 4 is 5.69 Å². The van der Waals surface area contributed by atoms with Crippen molar-refractivity contribution < 1.29 is 9.45 Å². The molecule has 1 aromatic carbocycles. The average molecular weight is 276 g/mol. The van der Waals surface area contributed by atoms with E-state index in [1.165, 1.54) is 12.1 Å². The Hall–Kier alpha value is -2.28. The van der Waals surface area contributed by atoms with E-state index in [2.05, 4.69) is 10.1 Å². The molecule has 1 heterocycles. The summed E-state index contributed by atoms with van der Waals surface area (Å²) in [6, 6.07) is 6.17. The molecule has 2 rings (SSSR count). The first kappa shape index (κ1) is 14.1. The summed E-state index contributed by atoms with van der Waals surface area (Å²) in [5.41, 5.74) is 6.04. The Kier molecular flexibility index (Phi) is 4.41. The van der Waals surface area contributed by atoms with Crippen LogP contribution >= 0.6 is 0 Å². The van der Waals surface area contributed by atoms with E-state index in [-0.39, 0.29) is 11.6 Å². The molecule has 1 unspecified atom stereocenters. The highest BCUT2D eigenvalue weighted by Gasteiger charge is 2.16. The number of nitrogens with two attached hydrogens (primary N) is 1. The molecular weight excluding hydrogens is 260 g/mol. The van der Waals surface area contributed by atoms with Gasteiger partial charge in [-0.15, -0.1) is 0 Å². The number of hydrogen-bond acceptors (Lipinski definition) is 6. The molecule has 0 saturated heterocycles. The van der Waals surface area contributed by atoms with Gasteiger partial charge in [0.2, 0.25) is 11.7 Å². The molecule has 7 nitrogen and oxygen atoms in total. The summed E-state index contributed by atoms with van der Waals surface area (Å²) in [6.45, 7) is 2.61. The van der Waals surface area contributed by atoms with Gasteiger partial charge in [0.1, 0.15) is 0 Å². The molecule has 0 aliphatic rings. The predicted octanol–water partition coefficient (Wildman–Crippen LogP) is 2.49. The summed E-state index contributed by atoms with van der Waals surface area (Å²) in [5, 5.41) is 14.6. The van der Waals surface area contributed by atoms with Gasteiger partial charge in [0.15, 0.2) is 0 Å². The van der Waals surface area contributed by atoms with Gasteiger partial charge in [-0.3, -0.25) is 10.1 Å². The van der Waals surface area contributed by atoms with Crippen molar-refractivity contribution in [2.75, 3.05) is 6.54 Å². The Balaban J connectivity index is 2.20. The van der Waals surface area contributed by atoms with Gasteiger partial charge in [0, 0.05) is 23.6 Å². The van der Waals surface area contributed by atoms with Crippen LogP contribution in [0.5, 0.6) is 0 Å². The van der Waals surface area contributed by atoms with E-state index in [9.17, 15) is 10.1 Å². The van der Waals surface area contributed by atoms with E-state index in [1.807, 2.05) is 6.92 Å². The van der Waals surface area contributed by atoms with Crippen molar-refractivity contribution in [1.82, 2.24) is 10.1 Å². The minimum atomic E-state index is -0.450. The van der Waals surface area contributed by atoms with Gasteiger partial charge in [-0.1, -0.05) is 24.2 Å². The first-order chi connectivity index (χ1) is 9.61. The molecule has 1 aromatic heterocycles. The molecule has 20 heavy (non-hydrogen) atoms. The number of non-ortho nitro benzene ring substituents is 1. The highest BCUT2D eigenvalue weighted by molar-refractivity contribution is 5.58. The standard InChI is InChI=1S/C13H16N4O3/c1-9(4-3-7-14)13-15-12(16-20-13)10-5-2-6-11(8-10)17(18)19/h2,5-6,8-9H,3-4,7,14H2,1H3. The lowest BCUT2D eigenvalue weighted by molar-refractivity contribution is -0.384. The van der Waals surface area contributed by atoms with Gasteiger partial charge in [0.05, 0.1) is 4.92 Å². The summed E-state index contributed by atoms with van der Waals surface area (Å²) in [6.07, 6.45) is 1.75. The Morgan fingerprint density at radius 3 is 3.00 bits per heavy atom. The zero-order valence-corrected chi connectivity index (χ0v) is 11.2. The lowest BCUT2D eigenvalue weighted by Gasteiger charge is -2.03. The number of aromatic nitrogens is 2. The van der Waals surface area contributed by atoms with E-state index in [0.29, 0.717) is 23.8 Å².